The van der Waals surface area contributed by atoms with E-state index < -0.39 is 0 Å². The van der Waals surface area contributed by atoms with Gasteiger partial charge in [-0.05, 0) is 63.1 Å². The molecule has 4 heterocycles. The molecule has 36 heavy (non-hydrogen) atoms. The van der Waals surface area contributed by atoms with E-state index in [2.05, 4.69) is 39.0 Å². The van der Waals surface area contributed by atoms with E-state index in [1.54, 1.807) is 22.7 Å². The van der Waals surface area contributed by atoms with Gasteiger partial charge in [-0.1, -0.05) is 22.7 Å². The van der Waals surface area contributed by atoms with E-state index in [1.807, 2.05) is 26.0 Å². The van der Waals surface area contributed by atoms with Crippen LogP contribution in [-0.4, -0.2) is 67.3 Å². The molecule has 0 radical (unpaired) electrons. The Bertz CT molecular complexity index is 1240. The summed E-state index contributed by atoms with van der Waals surface area (Å²) in [6, 6.07) is 12.3. The van der Waals surface area contributed by atoms with Crippen molar-refractivity contribution in [3.05, 3.63) is 36.4 Å². The molecule has 8 nitrogen and oxygen atoms in total. The van der Waals surface area contributed by atoms with E-state index in [1.165, 1.54) is 0 Å². The quantitative estimate of drug-likeness (QED) is 0.304. The van der Waals surface area contributed by atoms with Crippen LogP contribution < -0.4 is 19.3 Å². The second-order valence-electron chi connectivity index (χ2n) is 9.11. The van der Waals surface area contributed by atoms with E-state index in [0.717, 1.165) is 88.2 Å². The van der Waals surface area contributed by atoms with Crippen LogP contribution in [0.15, 0.2) is 36.4 Å². The Morgan fingerprint density at radius 1 is 0.861 bits per heavy atom. The van der Waals surface area contributed by atoms with E-state index in [0.29, 0.717) is 19.3 Å². The fourth-order valence-electron chi connectivity index (χ4n) is 4.83. The lowest BCUT2D eigenvalue weighted by Gasteiger charge is -2.42. The molecular weight excluding hydrogens is 494 g/mol. The highest BCUT2D eigenvalue weighted by molar-refractivity contribution is 7.22. The van der Waals surface area contributed by atoms with Gasteiger partial charge in [0.05, 0.1) is 59.8 Å². The van der Waals surface area contributed by atoms with Crippen molar-refractivity contribution < 1.29 is 14.2 Å². The minimum Gasteiger partial charge on any atom is -0.494 e. The summed E-state index contributed by atoms with van der Waals surface area (Å²) in [7, 11) is 0. The average molecular weight is 526 g/mol. The Labute approximate surface area is 219 Å². The van der Waals surface area contributed by atoms with Crippen LogP contribution >= 0.6 is 22.7 Å². The fourth-order valence-corrected chi connectivity index (χ4v) is 6.78. The highest BCUT2D eigenvalue weighted by atomic mass is 32.1. The maximum atomic E-state index is 5.97. The number of rotatable bonds is 8. The molecule has 2 aromatic heterocycles. The topological polar surface area (TPSA) is 63.2 Å². The normalized spacial score (nSPS) is 19.0. The van der Waals surface area contributed by atoms with Gasteiger partial charge < -0.3 is 24.0 Å². The molecule has 6 rings (SSSR count). The summed E-state index contributed by atoms with van der Waals surface area (Å²) < 4.78 is 19.7. The first-order chi connectivity index (χ1) is 17.7. The summed E-state index contributed by atoms with van der Waals surface area (Å²) in [5.74, 6) is 1.78. The zero-order valence-electron chi connectivity index (χ0n) is 20.7. The van der Waals surface area contributed by atoms with Crippen LogP contribution in [0.25, 0.3) is 20.4 Å². The van der Waals surface area contributed by atoms with Crippen molar-refractivity contribution in [2.24, 2.45) is 0 Å². The lowest BCUT2D eigenvalue weighted by molar-refractivity contribution is 0.0689. The van der Waals surface area contributed by atoms with Gasteiger partial charge in [0.2, 0.25) is 0 Å². The van der Waals surface area contributed by atoms with Crippen molar-refractivity contribution in [2.75, 3.05) is 56.2 Å². The smallest absolute Gasteiger partial charge is 0.188 e. The lowest BCUT2D eigenvalue weighted by atomic mass is 10.2. The van der Waals surface area contributed by atoms with Crippen molar-refractivity contribution in [3.63, 3.8) is 0 Å². The molecular formula is C26H31N5O3S2. The number of aromatic nitrogens is 2. The van der Waals surface area contributed by atoms with Gasteiger partial charge in [-0.25, -0.2) is 9.97 Å². The van der Waals surface area contributed by atoms with Crippen molar-refractivity contribution in [1.82, 2.24) is 14.9 Å². The van der Waals surface area contributed by atoms with Crippen LogP contribution in [0.5, 0.6) is 11.5 Å². The second-order valence-corrected chi connectivity index (χ2v) is 11.1. The number of ether oxygens (including phenoxy) is 3. The molecule has 0 N–H and O–H groups in total. The number of fused-ring (bicyclic) bond motifs is 2. The summed E-state index contributed by atoms with van der Waals surface area (Å²) in [5.41, 5.74) is 2.01. The third kappa shape index (κ3) is 4.95. The minimum absolute atomic E-state index is 0.292. The molecule has 0 aliphatic carbocycles. The van der Waals surface area contributed by atoms with Crippen LogP contribution in [0.3, 0.4) is 0 Å². The molecule has 0 saturated carbocycles. The van der Waals surface area contributed by atoms with E-state index in [-0.39, 0.29) is 0 Å². The standard InChI is InChI=1S/C26H31N5O3S2/c1-3-32-18-7-9-21-23(12-18)35-25(27-21)30-15-29(14-20-6-5-11-34-20)16-31(17-30)26-28-22-10-8-19(33-4-2)13-24(22)36-26/h7-10,12-13,20H,3-6,11,14-17H2,1-2H3/t20-/m0/s1. The first kappa shape index (κ1) is 23.7. The number of benzene rings is 2. The number of thiazole rings is 2. The molecule has 1 atom stereocenters. The summed E-state index contributed by atoms with van der Waals surface area (Å²) in [4.78, 5) is 17.1. The van der Waals surface area contributed by atoms with E-state index in [4.69, 9.17) is 24.2 Å². The molecule has 2 aromatic carbocycles. The molecule has 0 spiro atoms. The molecule has 2 aliphatic heterocycles. The third-order valence-electron chi connectivity index (χ3n) is 6.43. The van der Waals surface area contributed by atoms with Crippen LogP contribution in [-0.2, 0) is 4.74 Å². The summed E-state index contributed by atoms with van der Waals surface area (Å²) in [6.45, 7) is 9.47. The zero-order valence-corrected chi connectivity index (χ0v) is 22.3. The molecule has 190 valence electrons. The molecule has 4 aromatic rings. The van der Waals surface area contributed by atoms with Gasteiger partial charge in [-0.2, -0.15) is 0 Å². The van der Waals surface area contributed by atoms with Crippen LogP contribution in [0.1, 0.15) is 26.7 Å². The first-order valence-electron chi connectivity index (χ1n) is 12.6. The first-order valence-corrected chi connectivity index (χ1v) is 14.2. The fraction of sp³-hybridized carbons (Fsp3) is 0.462. The molecule has 0 bridgehead atoms. The third-order valence-corrected chi connectivity index (χ3v) is 8.59. The van der Waals surface area contributed by atoms with Gasteiger partial charge >= 0.3 is 0 Å². The Kier molecular flexibility index (Phi) is 6.83. The minimum atomic E-state index is 0.292. The largest absolute Gasteiger partial charge is 0.494 e. The Hall–Kier alpha value is -2.66. The average Bonchev–Trinajstić information content (AvgIpc) is 3.63. The van der Waals surface area contributed by atoms with Crippen molar-refractivity contribution >= 4 is 53.4 Å². The SMILES string of the molecule is CCOc1ccc2nc(N3CN(C[C@@H]4CCCO4)CN(c4nc5ccc(OCC)cc5s4)C3)sc2c1. The van der Waals surface area contributed by atoms with Gasteiger partial charge in [-0.3, -0.25) is 4.90 Å². The second kappa shape index (κ2) is 10.4. The molecule has 2 fully saturated rings. The maximum absolute atomic E-state index is 5.97. The van der Waals surface area contributed by atoms with Gasteiger partial charge in [-0.15, -0.1) is 0 Å². The maximum Gasteiger partial charge on any atom is 0.188 e. The highest BCUT2D eigenvalue weighted by Gasteiger charge is 2.30. The van der Waals surface area contributed by atoms with Gasteiger partial charge in [0.15, 0.2) is 10.3 Å². The van der Waals surface area contributed by atoms with Gasteiger partial charge in [0.1, 0.15) is 11.5 Å². The predicted molar refractivity (Wildman–Crippen MR) is 147 cm³/mol. The number of anilines is 2. The van der Waals surface area contributed by atoms with Gasteiger partial charge in [0.25, 0.3) is 0 Å². The number of hydrogen-bond donors (Lipinski definition) is 0. The van der Waals surface area contributed by atoms with Crippen molar-refractivity contribution in [3.8, 4) is 11.5 Å². The lowest BCUT2D eigenvalue weighted by Crippen LogP contribution is -2.56. The zero-order chi connectivity index (χ0) is 24.5. The molecule has 10 heteroatoms. The van der Waals surface area contributed by atoms with Crippen LogP contribution in [0.4, 0.5) is 10.3 Å². The van der Waals surface area contributed by atoms with E-state index >= 15 is 0 Å². The van der Waals surface area contributed by atoms with Crippen LogP contribution in [0, 0.1) is 0 Å². The van der Waals surface area contributed by atoms with Crippen molar-refractivity contribution in [2.45, 2.75) is 32.8 Å². The highest BCUT2D eigenvalue weighted by Crippen LogP contribution is 2.36. The summed E-state index contributed by atoms with van der Waals surface area (Å²) >= 11 is 3.43. The van der Waals surface area contributed by atoms with Crippen molar-refractivity contribution in [1.29, 1.82) is 0 Å². The van der Waals surface area contributed by atoms with Crippen LogP contribution in [0.2, 0.25) is 0 Å². The predicted octanol–water partition coefficient (Wildman–Crippen LogP) is 5.38. The van der Waals surface area contributed by atoms with E-state index in [9.17, 15) is 0 Å². The molecule has 2 aliphatic rings. The number of hydrogen-bond acceptors (Lipinski definition) is 10. The molecule has 0 unspecified atom stereocenters. The number of nitrogens with zero attached hydrogens (tertiary/aromatic N) is 5. The molecule has 0 amide bonds. The summed E-state index contributed by atoms with van der Waals surface area (Å²) in [5, 5.41) is 2.03. The summed E-state index contributed by atoms with van der Waals surface area (Å²) in [6.07, 6.45) is 2.56. The Morgan fingerprint density at radius 3 is 1.94 bits per heavy atom. The Balaban J connectivity index is 1.29. The monoisotopic (exact) mass is 525 g/mol. The molecule has 2 saturated heterocycles. The van der Waals surface area contributed by atoms with Gasteiger partial charge in [0, 0.05) is 13.2 Å². The Morgan fingerprint density at radius 2 is 1.44 bits per heavy atom.